The van der Waals surface area contributed by atoms with Gasteiger partial charge in [-0.3, -0.25) is 15.0 Å². The smallest absolute Gasteiger partial charge is 0.335 e. The highest BCUT2D eigenvalue weighted by Gasteiger charge is 2.33. The first kappa shape index (κ1) is 50.4. The van der Waals surface area contributed by atoms with Gasteiger partial charge in [-0.2, -0.15) is 20.7 Å². The van der Waals surface area contributed by atoms with Crippen molar-refractivity contribution in [2.75, 3.05) is 13.1 Å². The van der Waals surface area contributed by atoms with E-state index in [1.54, 1.807) is 6.07 Å². The Hall–Kier alpha value is -6.96. The Bertz CT molecular complexity index is 2900. The average molecular weight is 953 g/mol. The molecule has 1 amide bonds. The summed E-state index contributed by atoms with van der Waals surface area (Å²) < 4.78 is 0. The lowest BCUT2D eigenvalue weighted by Crippen LogP contribution is -2.44. The summed E-state index contributed by atoms with van der Waals surface area (Å²) in [6, 6.07) is 29.0. The van der Waals surface area contributed by atoms with Gasteiger partial charge in [0.05, 0.1) is 28.8 Å². The van der Waals surface area contributed by atoms with Crippen LogP contribution in [0.15, 0.2) is 72.8 Å². The Morgan fingerprint density at radius 1 is 0.662 bits per heavy atom. The molecule has 13 heteroatoms. The van der Waals surface area contributed by atoms with E-state index in [2.05, 4.69) is 101 Å². The monoisotopic (exact) mass is 953 g/mol. The Morgan fingerprint density at radius 3 is 1.55 bits per heavy atom. The van der Waals surface area contributed by atoms with Crippen molar-refractivity contribution in [2.45, 2.75) is 154 Å². The number of aromatic carboxylic acids is 1. The van der Waals surface area contributed by atoms with Crippen molar-refractivity contribution in [3.8, 4) is 34.9 Å². The second kappa shape index (κ2) is 22.9. The number of hydrogen-bond donors (Lipinski definition) is 4. The van der Waals surface area contributed by atoms with E-state index in [9.17, 15) is 14.7 Å². The molecule has 0 bridgehead atoms. The number of aryl methyl sites for hydroxylation is 4. The zero-order valence-electron chi connectivity index (χ0n) is 42.2. The maximum Gasteiger partial charge on any atom is 0.335 e. The molecule has 4 aliphatic rings. The summed E-state index contributed by atoms with van der Waals surface area (Å²) in [6.45, 7) is 14.2. The standard InChI is InChI=1S/C29H33N5O.C16H19N3O2.C13H16N2/c1-4-27-31-28(33-32-27)26-16-24(18(2)14-25(26)22-6-5-7-22)29(35)34-13-12-23(15-19(34)3)21-10-8-20(17-30)9-11-21;1-3-14-17-15(19-18-14)13-8-11(16(20)21)9(2)7-12(13)10-5-4-6-10;1-10-8-13(6-7-15-10)12-4-2-11(9-14)3-5-12/h8-11,14,16,19,22-23H,4-7,12-13,15H2,1-3H3,(H,31,32,33);7-8,10H,3-6H2,1-2H3,(H,20,21)(H,17,18,19);2-5,10,13,15H,6-8H2,1H3. The Labute approximate surface area is 418 Å². The van der Waals surface area contributed by atoms with Gasteiger partial charge in [0.25, 0.3) is 5.91 Å². The van der Waals surface area contributed by atoms with Gasteiger partial charge in [-0.15, -0.1) is 0 Å². The number of carbonyl (C=O) groups is 2. The molecule has 6 aromatic rings. The number of carbonyl (C=O) groups excluding carboxylic acids is 1. The average Bonchev–Trinajstić information content (AvgIpc) is 4.04. The van der Waals surface area contributed by atoms with Gasteiger partial charge in [-0.25, -0.2) is 14.8 Å². The number of nitrogens with zero attached hydrogens (tertiary/aromatic N) is 7. The molecular weight excluding hydrogens is 885 g/mol. The Balaban J connectivity index is 0.000000159. The molecule has 2 saturated carbocycles. The van der Waals surface area contributed by atoms with Gasteiger partial charge >= 0.3 is 5.97 Å². The van der Waals surface area contributed by atoms with E-state index in [0.29, 0.717) is 52.5 Å². The lowest BCUT2D eigenvalue weighted by atomic mass is 9.77. The van der Waals surface area contributed by atoms with Crippen LogP contribution >= 0.6 is 0 Å². The molecule has 368 valence electrons. The van der Waals surface area contributed by atoms with Crippen LogP contribution in [-0.4, -0.2) is 77.4 Å². The number of hydrogen-bond acceptors (Lipinski definition) is 9. The summed E-state index contributed by atoms with van der Waals surface area (Å²) in [5, 5.41) is 45.3. The molecule has 4 unspecified atom stereocenters. The maximum absolute atomic E-state index is 13.8. The van der Waals surface area contributed by atoms with Crippen molar-refractivity contribution in [1.29, 1.82) is 10.5 Å². The lowest BCUT2D eigenvalue weighted by Gasteiger charge is -2.38. The summed E-state index contributed by atoms with van der Waals surface area (Å²) in [7, 11) is 0. The van der Waals surface area contributed by atoms with Gasteiger partial charge in [0.1, 0.15) is 11.6 Å². The fraction of sp³-hybridized carbons (Fsp3) is 0.448. The van der Waals surface area contributed by atoms with Crippen LogP contribution in [0.1, 0.15) is 192 Å². The number of H-pyrrole nitrogens is 2. The summed E-state index contributed by atoms with van der Waals surface area (Å²) in [6.07, 6.45) is 13.0. The Kier molecular flexibility index (Phi) is 16.2. The van der Waals surface area contributed by atoms with Crippen LogP contribution in [-0.2, 0) is 12.8 Å². The molecule has 2 aliphatic heterocycles. The molecule has 2 aliphatic carbocycles. The molecule has 4 atom stereocenters. The first-order valence-electron chi connectivity index (χ1n) is 25.8. The van der Waals surface area contributed by atoms with Gasteiger partial charge in [0, 0.05) is 48.2 Å². The van der Waals surface area contributed by atoms with Gasteiger partial charge in [-0.05, 0) is 179 Å². The van der Waals surface area contributed by atoms with Gasteiger partial charge in [-0.1, -0.05) is 63.1 Å². The molecule has 0 radical (unpaired) electrons. The van der Waals surface area contributed by atoms with E-state index < -0.39 is 5.97 Å². The van der Waals surface area contributed by atoms with Gasteiger partial charge in [0.2, 0.25) is 0 Å². The van der Waals surface area contributed by atoms with Crippen LogP contribution in [0.25, 0.3) is 22.8 Å². The van der Waals surface area contributed by atoms with Crippen LogP contribution in [0, 0.1) is 36.5 Å². The van der Waals surface area contributed by atoms with Gasteiger partial charge < -0.3 is 15.3 Å². The van der Waals surface area contributed by atoms with Crippen molar-refractivity contribution in [3.05, 3.63) is 140 Å². The SMILES string of the molecule is CC1CC(c2ccc(C#N)cc2)CCN1.CCc1nc(-c2cc(C(=O)N3CCC(c4ccc(C#N)cc4)CC3C)c(C)cc2C2CCC2)n[nH]1.CCc1nc(-c2cc(C(=O)O)c(C)cc2C2CCC2)n[nH]1. The number of rotatable bonds is 10. The Morgan fingerprint density at radius 2 is 1.14 bits per heavy atom. The molecule has 0 spiro atoms. The van der Waals surface area contributed by atoms with E-state index in [1.165, 1.54) is 60.8 Å². The molecule has 10 rings (SSSR count). The first-order valence-corrected chi connectivity index (χ1v) is 25.8. The lowest BCUT2D eigenvalue weighted by molar-refractivity contribution is 0.0614. The first-order chi connectivity index (χ1) is 34.4. The molecule has 4 aromatic carbocycles. The number of carboxylic acids is 1. The van der Waals surface area contributed by atoms with E-state index in [1.807, 2.05) is 55.1 Å². The third kappa shape index (κ3) is 11.6. The minimum absolute atomic E-state index is 0.0981. The number of nitrogens with one attached hydrogen (secondary N) is 3. The molecule has 4 fully saturated rings. The number of nitriles is 2. The van der Waals surface area contributed by atoms with Crippen LogP contribution < -0.4 is 5.32 Å². The summed E-state index contributed by atoms with van der Waals surface area (Å²) in [5.74, 6) is 4.29. The fourth-order valence-corrected chi connectivity index (χ4v) is 10.6. The minimum Gasteiger partial charge on any atom is -0.478 e. The molecule has 13 nitrogen and oxygen atoms in total. The second-order valence-corrected chi connectivity index (χ2v) is 20.1. The number of likely N-dealkylation sites (tertiary alicyclic amines) is 1. The molecule has 2 saturated heterocycles. The van der Waals surface area contributed by atoms with Crippen LogP contribution in [0.5, 0.6) is 0 Å². The van der Waals surface area contributed by atoms with Gasteiger partial charge in [0.15, 0.2) is 11.6 Å². The summed E-state index contributed by atoms with van der Waals surface area (Å²) in [4.78, 5) is 36.4. The van der Waals surface area contributed by atoms with E-state index in [-0.39, 0.29) is 11.9 Å². The molecule has 4 heterocycles. The second-order valence-electron chi connectivity index (χ2n) is 20.1. The van der Waals surface area contributed by atoms with E-state index in [4.69, 9.17) is 15.5 Å². The number of aromatic amines is 2. The largest absolute Gasteiger partial charge is 0.478 e. The van der Waals surface area contributed by atoms with E-state index >= 15 is 0 Å². The molecule has 4 N–H and O–H groups in total. The topological polar surface area (TPSA) is 200 Å². The molecular formula is C58H68N10O3. The van der Waals surface area contributed by atoms with Crippen molar-refractivity contribution in [3.63, 3.8) is 0 Å². The third-order valence-corrected chi connectivity index (χ3v) is 15.3. The summed E-state index contributed by atoms with van der Waals surface area (Å²) in [5.41, 5.74) is 11.3. The number of amides is 1. The van der Waals surface area contributed by atoms with Crippen molar-refractivity contribution in [2.24, 2.45) is 0 Å². The van der Waals surface area contributed by atoms with Crippen LogP contribution in [0.2, 0.25) is 0 Å². The molecule has 71 heavy (non-hydrogen) atoms. The number of carboxylic acid groups (broad SMARTS) is 1. The highest BCUT2D eigenvalue weighted by atomic mass is 16.4. The van der Waals surface area contributed by atoms with E-state index in [0.717, 1.165) is 96.6 Å². The quantitative estimate of drug-likeness (QED) is 0.102. The minimum atomic E-state index is -0.903. The number of piperidine rings is 2. The van der Waals surface area contributed by atoms with Crippen molar-refractivity contribution in [1.82, 2.24) is 40.6 Å². The normalized spacial score (nSPS) is 19.9. The highest BCUT2D eigenvalue weighted by molar-refractivity contribution is 5.97. The number of aromatic nitrogens is 6. The molecule has 2 aromatic heterocycles. The highest BCUT2D eigenvalue weighted by Crippen LogP contribution is 2.43. The maximum atomic E-state index is 13.8. The predicted octanol–water partition coefficient (Wildman–Crippen LogP) is 11.6. The fourth-order valence-electron chi connectivity index (χ4n) is 10.6. The van der Waals surface area contributed by atoms with Crippen LogP contribution in [0.4, 0.5) is 0 Å². The van der Waals surface area contributed by atoms with Crippen LogP contribution in [0.3, 0.4) is 0 Å². The number of benzene rings is 4. The zero-order chi connectivity index (χ0) is 50.2. The van der Waals surface area contributed by atoms with Crippen molar-refractivity contribution >= 4 is 11.9 Å². The third-order valence-electron chi connectivity index (χ3n) is 15.3. The van der Waals surface area contributed by atoms with Crippen molar-refractivity contribution < 1.29 is 14.7 Å². The summed E-state index contributed by atoms with van der Waals surface area (Å²) >= 11 is 0. The predicted molar refractivity (Wildman–Crippen MR) is 276 cm³/mol. The zero-order valence-corrected chi connectivity index (χ0v) is 42.2.